The molecule has 0 bridgehead atoms. The van der Waals surface area contributed by atoms with E-state index in [1.54, 1.807) is 7.05 Å². The van der Waals surface area contributed by atoms with Crippen molar-refractivity contribution in [3.63, 3.8) is 0 Å². The van der Waals surface area contributed by atoms with Gasteiger partial charge in [-0.05, 0) is 43.6 Å². The number of unbranched alkanes of at least 4 members (excludes halogenated alkanes) is 2. The summed E-state index contributed by atoms with van der Waals surface area (Å²) in [6, 6.07) is -1.05. The van der Waals surface area contributed by atoms with Crippen molar-refractivity contribution >= 4 is 37.4 Å². The molecule has 0 heterocycles. The van der Waals surface area contributed by atoms with E-state index in [0.717, 1.165) is 23.6 Å². The van der Waals surface area contributed by atoms with E-state index in [-0.39, 0.29) is 12.3 Å². The topological polar surface area (TPSA) is 133 Å². The summed E-state index contributed by atoms with van der Waals surface area (Å²) < 4.78 is 22.0. The summed E-state index contributed by atoms with van der Waals surface area (Å²) in [5, 5.41) is 14.6. The molecule has 2 amide bonds. The Bertz CT molecular complexity index is 583. The molecule has 11 heteroatoms. The summed E-state index contributed by atoms with van der Waals surface area (Å²) in [6.07, 6.45) is 3.49. The maximum absolute atomic E-state index is 12.3. The van der Waals surface area contributed by atoms with Crippen LogP contribution in [0.3, 0.4) is 0 Å². The first kappa shape index (κ1) is 25.7. The highest BCUT2D eigenvalue weighted by atomic mass is 33.1. The van der Waals surface area contributed by atoms with Crippen LogP contribution in [0.5, 0.6) is 0 Å². The molecule has 0 aliphatic rings. The van der Waals surface area contributed by atoms with Gasteiger partial charge in [0.2, 0.25) is 11.8 Å². The summed E-state index contributed by atoms with van der Waals surface area (Å²) in [7, 11) is 1.06. The van der Waals surface area contributed by atoms with Gasteiger partial charge in [-0.15, -0.1) is 0 Å². The molecule has 0 radical (unpaired) electrons. The fraction of sp³-hybridized carbons (Fsp3) is 0.812. The molecule has 0 aliphatic carbocycles. The van der Waals surface area contributed by atoms with Gasteiger partial charge in [-0.2, -0.15) is 0 Å². The number of carbonyl (C=O) groups is 3. The zero-order valence-electron chi connectivity index (χ0n) is 16.2. The molecular formula is C16H31N3O6S2. The van der Waals surface area contributed by atoms with Crippen LogP contribution in [0, 0.1) is 0 Å². The van der Waals surface area contributed by atoms with Crippen LogP contribution in [-0.2, 0) is 23.3 Å². The van der Waals surface area contributed by atoms with E-state index in [2.05, 4.69) is 10.6 Å². The molecule has 0 aromatic heterocycles. The lowest BCUT2D eigenvalue weighted by Gasteiger charge is -2.26. The van der Waals surface area contributed by atoms with Crippen molar-refractivity contribution in [3.05, 3.63) is 0 Å². The Labute approximate surface area is 165 Å². The Morgan fingerprint density at radius 3 is 2.33 bits per heavy atom. The first-order valence-corrected chi connectivity index (χ1v) is 12.2. The molecule has 158 valence electrons. The maximum Gasteiger partial charge on any atom is 0.305 e. The van der Waals surface area contributed by atoms with Gasteiger partial charge in [-0.3, -0.25) is 14.4 Å². The SMILES string of the molecule is CNCCCNC(=O)[C@H](CC(=O)O)N(C)C(=O)CCCCCSS(C)(=O)=O. The Hall–Kier alpha value is -1.33. The third-order valence-electron chi connectivity index (χ3n) is 3.77. The predicted octanol–water partition coefficient (Wildman–Crippen LogP) is 0.267. The third kappa shape index (κ3) is 13.5. The molecule has 0 aromatic carbocycles. The van der Waals surface area contributed by atoms with Gasteiger partial charge in [0, 0.05) is 32.0 Å². The zero-order valence-corrected chi connectivity index (χ0v) is 17.8. The van der Waals surface area contributed by atoms with Crippen LogP contribution in [0.15, 0.2) is 0 Å². The largest absolute Gasteiger partial charge is 0.481 e. The molecule has 0 fully saturated rings. The molecule has 1 atom stereocenters. The minimum atomic E-state index is -3.05. The van der Waals surface area contributed by atoms with Crippen LogP contribution >= 0.6 is 10.8 Å². The average molecular weight is 426 g/mol. The van der Waals surface area contributed by atoms with E-state index in [1.165, 1.54) is 11.9 Å². The molecule has 0 unspecified atom stereocenters. The van der Waals surface area contributed by atoms with E-state index in [9.17, 15) is 22.8 Å². The molecule has 9 nitrogen and oxygen atoms in total. The lowest BCUT2D eigenvalue weighted by atomic mass is 10.1. The van der Waals surface area contributed by atoms with E-state index in [4.69, 9.17) is 5.11 Å². The van der Waals surface area contributed by atoms with Gasteiger partial charge in [0.25, 0.3) is 0 Å². The van der Waals surface area contributed by atoms with Gasteiger partial charge in [-0.1, -0.05) is 6.42 Å². The van der Waals surface area contributed by atoms with Crippen molar-refractivity contribution in [2.24, 2.45) is 0 Å². The number of hydrogen-bond acceptors (Lipinski definition) is 7. The zero-order chi connectivity index (χ0) is 20.9. The fourth-order valence-electron chi connectivity index (χ4n) is 2.28. The first-order chi connectivity index (χ1) is 12.6. The van der Waals surface area contributed by atoms with Gasteiger partial charge in [0.05, 0.1) is 6.42 Å². The number of likely N-dealkylation sites (N-methyl/N-ethyl adjacent to an activating group) is 1. The summed E-state index contributed by atoms with van der Waals surface area (Å²) in [4.78, 5) is 36.8. The highest BCUT2D eigenvalue weighted by Gasteiger charge is 2.28. The number of aliphatic carboxylic acids is 1. The van der Waals surface area contributed by atoms with E-state index < -0.39 is 33.2 Å². The van der Waals surface area contributed by atoms with Crippen LogP contribution < -0.4 is 10.6 Å². The smallest absolute Gasteiger partial charge is 0.305 e. The number of carboxylic acid groups (broad SMARTS) is 1. The van der Waals surface area contributed by atoms with Crippen LogP contribution in [0.2, 0.25) is 0 Å². The van der Waals surface area contributed by atoms with E-state index >= 15 is 0 Å². The number of carboxylic acids is 1. The second-order valence-electron chi connectivity index (χ2n) is 6.20. The van der Waals surface area contributed by atoms with E-state index in [0.29, 0.717) is 38.0 Å². The van der Waals surface area contributed by atoms with Crippen molar-refractivity contribution in [2.75, 3.05) is 39.2 Å². The van der Waals surface area contributed by atoms with E-state index in [1.807, 2.05) is 0 Å². The molecule has 27 heavy (non-hydrogen) atoms. The Morgan fingerprint density at radius 2 is 1.78 bits per heavy atom. The fourth-order valence-corrected chi connectivity index (χ4v) is 4.17. The molecule has 3 N–H and O–H groups in total. The van der Waals surface area contributed by atoms with Crippen molar-refractivity contribution < 1.29 is 27.9 Å². The Morgan fingerprint density at radius 1 is 1.11 bits per heavy atom. The van der Waals surface area contributed by atoms with Crippen LogP contribution in [0.25, 0.3) is 0 Å². The summed E-state index contributed by atoms with van der Waals surface area (Å²) in [6.45, 7) is 1.12. The average Bonchev–Trinajstić information content (AvgIpc) is 2.57. The number of rotatable bonds is 15. The molecular weight excluding hydrogens is 394 g/mol. The molecule has 0 spiro atoms. The molecule has 0 saturated carbocycles. The summed E-state index contributed by atoms with van der Waals surface area (Å²) >= 11 is 0. The van der Waals surface area contributed by atoms with Gasteiger partial charge < -0.3 is 20.6 Å². The van der Waals surface area contributed by atoms with Crippen LogP contribution in [-0.4, -0.2) is 81.4 Å². The van der Waals surface area contributed by atoms with Gasteiger partial charge in [0.1, 0.15) is 6.04 Å². The minimum Gasteiger partial charge on any atom is -0.481 e. The van der Waals surface area contributed by atoms with Crippen molar-refractivity contribution in [1.29, 1.82) is 0 Å². The molecule has 0 aromatic rings. The molecule has 0 rings (SSSR count). The monoisotopic (exact) mass is 425 g/mol. The maximum atomic E-state index is 12.3. The van der Waals surface area contributed by atoms with Gasteiger partial charge in [-0.25, -0.2) is 8.42 Å². The third-order valence-corrected chi connectivity index (χ3v) is 6.43. The lowest BCUT2D eigenvalue weighted by molar-refractivity contribution is -0.145. The minimum absolute atomic E-state index is 0.184. The Kier molecular flexibility index (Phi) is 13.1. The van der Waals surface area contributed by atoms with Gasteiger partial charge in [0.15, 0.2) is 8.87 Å². The lowest BCUT2D eigenvalue weighted by Crippen LogP contribution is -2.49. The van der Waals surface area contributed by atoms with Crippen LogP contribution in [0.1, 0.15) is 38.5 Å². The second-order valence-corrected chi connectivity index (χ2v) is 10.8. The summed E-state index contributed by atoms with van der Waals surface area (Å²) in [5.41, 5.74) is 0. The van der Waals surface area contributed by atoms with Crippen molar-refractivity contribution in [1.82, 2.24) is 15.5 Å². The highest BCUT2D eigenvalue weighted by Crippen LogP contribution is 2.14. The van der Waals surface area contributed by atoms with Crippen molar-refractivity contribution in [2.45, 2.75) is 44.6 Å². The Balaban J connectivity index is 4.42. The number of hydrogen-bond donors (Lipinski definition) is 3. The normalized spacial score (nSPS) is 12.4. The number of nitrogens with zero attached hydrogens (tertiary/aromatic N) is 1. The second kappa shape index (κ2) is 13.8. The number of carbonyl (C=O) groups excluding carboxylic acids is 2. The molecule has 0 saturated heterocycles. The van der Waals surface area contributed by atoms with Crippen LogP contribution in [0.4, 0.5) is 0 Å². The predicted molar refractivity (Wildman–Crippen MR) is 106 cm³/mol. The standard InChI is InChI=1S/C16H31N3O6S2/c1-17-9-7-10-18-16(23)13(12-15(21)22)19(2)14(20)8-5-4-6-11-26-27(3,24)25/h13,17H,4-12H2,1-3H3,(H,18,23)(H,21,22)/t13-/m0/s1. The van der Waals surface area contributed by atoms with Gasteiger partial charge >= 0.3 is 5.97 Å². The first-order valence-electron chi connectivity index (χ1n) is 8.82. The summed E-state index contributed by atoms with van der Waals surface area (Å²) in [5.74, 6) is -1.46. The number of amides is 2. The van der Waals surface area contributed by atoms with Crippen molar-refractivity contribution in [3.8, 4) is 0 Å². The molecule has 0 aliphatic heterocycles. The number of nitrogens with one attached hydrogen (secondary N) is 2. The highest BCUT2D eigenvalue weighted by molar-refractivity contribution is 8.71. The quantitative estimate of drug-likeness (QED) is 0.251.